The van der Waals surface area contributed by atoms with Crippen LogP contribution in [0.5, 0.6) is 5.75 Å². The van der Waals surface area contributed by atoms with E-state index in [1.807, 2.05) is 42.5 Å². The number of methoxy groups -OCH3 is 1. The van der Waals surface area contributed by atoms with Gasteiger partial charge in [0.05, 0.1) is 26.3 Å². The maximum Gasteiger partial charge on any atom is 0.330 e. The average Bonchev–Trinajstić information content (AvgIpc) is 2.76. The number of nitrogens with one attached hydrogen (secondary N) is 1. The van der Waals surface area contributed by atoms with Crippen LogP contribution in [0.15, 0.2) is 60.8 Å². The Balaban J connectivity index is 1.68. The lowest BCUT2D eigenvalue weighted by Gasteiger charge is -2.36. The van der Waals surface area contributed by atoms with Crippen molar-refractivity contribution in [2.24, 2.45) is 0 Å². The van der Waals surface area contributed by atoms with Gasteiger partial charge in [-0.3, -0.25) is 9.80 Å². The molecule has 0 fully saturated rings. The van der Waals surface area contributed by atoms with Crippen molar-refractivity contribution < 1.29 is 14.6 Å². The highest BCUT2D eigenvalue weighted by Gasteiger charge is 2.33. The number of aromatic nitrogens is 2. The maximum absolute atomic E-state index is 13.3. The quantitative estimate of drug-likeness (QED) is 0.652. The Morgan fingerprint density at radius 3 is 2.57 bits per heavy atom. The number of carbonyl (C=O) groups is 1. The van der Waals surface area contributed by atoms with Gasteiger partial charge in [-0.05, 0) is 43.3 Å². The van der Waals surface area contributed by atoms with Crippen LogP contribution in [0.4, 0.5) is 27.9 Å². The van der Waals surface area contributed by atoms with Gasteiger partial charge in [0.15, 0.2) is 0 Å². The first-order chi connectivity index (χ1) is 14.5. The number of hydrogen-bond acceptors (Lipinski definition) is 6. The molecule has 30 heavy (non-hydrogen) atoms. The first-order valence-corrected chi connectivity index (χ1v) is 9.64. The second-order valence-electron chi connectivity index (χ2n) is 7.06. The summed E-state index contributed by atoms with van der Waals surface area (Å²) in [5, 5.41) is 13.1. The number of benzene rings is 2. The van der Waals surface area contributed by atoms with Crippen LogP contribution in [0, 0.1) is 0 Å². The van der Waals surface area contributed by atoms with E-state index in [1.165, 1.54) is 4.90 Å². The zero-order valence-electron chi connectivity index (χ0n) is 16.8. The van der Waals surface area contributed by atoms with E-state index in [1.54, 1.807) is 37.3 Å². The van der Waals surface area contributed by atoms with Gasteiger partial charge in [-0.25, -0.2) is 9.78 Å². The lowest BCUT2D eigenvalue weighted by Crippen LogP contribution is -2.50. The van der Waals surface area contributed by atoms with Gasteiger partial charge in [0.2, 0.25) is 5.95 Å². The van der Waals surface area contributed by atoms with E-state index in [0.29, 0.717) is 24.1 Å². The van der Waals surface area contributed by atoms with Crippen LogP contribution in [0.25, 0.3) is 0 Å². The van der Waals surface area contributed by atoms with Crippen molar-refractivity contribution >= 4 is 29.2 Å². The monoisotopic (exact) mass is 405 g/mol. The molecule has 0 radical (unpaired) electrons. The SMILES string of the molecule is COc1ccc(N2Cc3cnc(Nc4ccccc4)nc3N(CC(C)O)C2=O)cc1. The van der Waals surface area contributed by atoms with Crippen LogP contribution < -0.4 is 19.9 Å². The number of fused-ring (bicyclic) bond motifs is 1. The number of anilines is 4. The fraction of sp³-hybridized carbons (Fsp3) is 0.227. The molecule has 1 aliphatic rings. The summed E-state index contributed by atoms with van der Waals surface area (Å²) in [4.78, 5) is 25.4. The van der Waals surface area contributed by atoms with Gasteiger partial charge in [-0.2, -0.15) is 4.98 Å². The Labute approximate surface area is 174 Å². The molecular formula is C22H23N5O3. The fourth-order valence-electron chi connectivity index (χ4n) is 3.32. The molecule has 0 saturated heterocycles. The van der Waals surface area contributed by atoms with Gasteiger partial charge in [0.1, 0.15) is 11.6 Å². The highest BCUT2D eigenvalue weighted by molar-refractivity contribution is 6.05. The zero-order valence-corrected chi connectivity index (χ0v) is 16.8. The molecule has 1 atom stereocenters. The van der Waals surface area contributed by atoms with Crippen LogP contribution in [-0.4, -0.2) is 40.9 Å². The van der Waals surface area contributed by atoms with E-state index < -0.39 is 6.10 Å². The molecule has 0 bridgehead atoms. The zero-order chi connectivity index (χ0) is 21.1. The average molecular weight is 405 g/mol. The standard InChI is InChI=1S/C22H23N5O3/c1-15(28)13-27-20-16(12-23-21(25-20)24-17-6-4-3-5-7-17)14-26(22(27)29)18-8-10-19(30-2)11-9-18/h3-12,15,28H,13-14H2,1-2H3,(H,23,24,25). The molecule has 2 heterocycles. The van der Waals surface area contributed by atoms with E-state index in [2.05, 4.69) is 15.3 Å². The van der Waals surface area contributed by atoms with Crippen LogP contribution in [0.1, 0.15) is 12.5 Å². The third kappa shape index (κ3) is 4.04. The molecular weight excluding hydrogens is 382 g/mol. The summed E-state index contributed by atoms with van der Waals surface area (Å²) >= 11 is 0. The molecule has 8 heteroatoms. The number of ether oxygens (including phenoxy) is 1. The van der Waals surface area contributed by atoms with Crippen molar-refractivity contribution in [2.75, 3.05) is 28.8 Å². The summed E-state index contributed by atoms with van der Waals surface area (Å²) in [6.07, 6.45) is 1.00. The summed E-state index contributed by atoms with van der Waals surface area (Å²) in [7, 11) is 1.60. The fourth-order valence-corrected chi connectivity index (χ4v) is 3.32. The largest absolute Gasteiger partial charge is 0.497 e. The Kier molecular flexibility index (Phi) is 5.49. The summed E-state index contributed by atoms with van der Waals surface area (Å²) in [6, 6.07) is 16.6. The van der Waals surface area contributed by atoms with Gasteiger partial charge in [0.25, 0.3) is 0 Å². The highest BCUT2D eigenvalue weighted by atomic mass is 16.5. The van der Waals surface area contributed by atoms with Crippen LogP contribution >= 0.6 is 0 Å². The third-order valence-electron chi connectivity index (χ3n) is 4.75. The summed E-state index contributed by atoms with van der Waals surface area (Å²) in [5.41, 5.74) is 2.37. The number of β-amino-alcohol motifs (C(OH)–C–C–N with tert-alkyl or cyclic N) is 1. The second-order valence-corrected chi connectivity index (χ2v) is 7.06. The maximum atomic E-state index is 13.3. The van der Waals surface area contributed by atoms with Crippen molar-refractivity contribution in [3.8, 4) is 5.75 Å². The molecule has 2 amide bonds. The molecule has 0 saturated carbocycles. The highest BCUT2D eigenvalue weighted by Crippen LogP contribution is 2.32. The van der Waals surface area contributed by atoms with Gasteiger partial charge in [-0.15, -0.1) is 0 Å². The number of amides is 2. The van der Waals surface area contributed by atoms with Crippen molar-refractivity contribution in [1.82, 2.24) is 9.97 Å². The van der Waals surface area contributed by atoms with Gasteiger partial charge in [0, 0.05) is 23.1 Å². The molecule has 1 unspecified atom stereocenters. The minimum atomic E-state index is -0.710. The van der Waals surface area contributed by atoms with Crippen molar-refractivity contribution in [3.05, 3.63) is 66.4 Å². The normalized spacial score (nSPS) is 14.3. The van der Waals surface area contributed by atoms with E-state index in [4.69, 9.17) is 4.74 Å². The predicted octanol–water partition coefficient (Wildman–Crippen LogP) is 3.56. The third-order valence-corrected chi connectivity index (χ3v) is 4.75. The number of hydrogen-bond donors (Lipinski definition) is 2. The number of rotatable bonds is 6. The van der Waals surface area contributed by atoms with E-state index in [9.17, 15) is 9.90 Å². The molecule has 8 nitrogen and oxygen atoms in total. The number of aliphatic hydroxyl groups is 1. The lowest BCUT2D eigenvalue weighted by atomic mass is 10.1. The number of nitrogens with zero attached hydrogens (tertiary/aromatic N) is 4. The molecule has 3 aromatic rings. The van der Waals surface area contributed by atoms with Crippen molar-refractivity contribution in [3.63, 3.8) is 0 Å². The predicted molar refractivity (Wildman–Crippen MR) is 115 cm³/mol. The molecule has 2 aromatic carbocycles. The van der Waals surface area contributed by atoms with E-state index >= 15 is 0 Å². The molecule has 154 valence electrons. The number of urea groups is 1. The number of carbonyl (C=O) groups excluding carboxylic acids is 1. The smallest absolute Gasteiger partial charge is 0.330 e. The van der Waals surface area contributed by atoms with Gasteiger partial charge in [-0.1, -0.05) is 18.2 Å². The van der Waals surface area contributed by atoms with Gasteiger partial charge < -0.3 is 15.2 Å². The van der Waals surface area contributed by atoms with Crippen LogP contribution in [0.2, 0.25) is 0 Å². The molecule has 4 rings (SSSR count). The lowest BCUT2D eigenvalue weighted by molar-refractivity contribution is 0.196. The molecule has 2 N–H and O–H groups in total. The van der Waals surface area contributed by atoms with Crippen LogP contribution in [0.3, 0.4) is 0 Å². The Morgan fingerprint density at radius 2 is 1.90 bits per heavy atom. The molecule has 0 spiro atoms. The van der Waals surface area contributed by atoms with Crippen molar-refractivity contribution in [1.29, 1.82) is 0 Å². The number of aliphatic hydroxyl groups excluding tert-OH is 1. The molecule has 0 aliphatic carbocycles. The Hall–Kier alpha value is -3.65. The van der Waals surface area contributed by atoms with Gasteiger partial charge >= 0.3 is 6.03 Å². The molecule has 1 aromatic heterocycles. The molecule has 1 aliphatic heterocycles. The van der Waals surface area contributed by atoms with E-state index in [0.717, 1.165) is 16.9 Å². The van der Waals surface area contributed by atoms with E-state index in [-0.39, 0.29) is 12.6 Å². The van der Waals surface area contributed by atoms with Crippen molar-refractivity contribution in [2.45, 2.75) is 19.6 Å². The summed E-state index contributed by atoms with van der Waals surface area (Å²) < 4.78 is 5.20. The first kappa shape index (κ1) is 19.7. The topological polar surface area (TPSA) is 90.8 Å². The first-order valence-electron chi connectivity index (χ1n) is 9.64. The Morgan fingerprint density at radius 1 is 1.17 bits per heavy atom. The van der Waals surface area contributed by atoms with Crippen LogP contribution in [-0.2, 0) is 6.54 Å². The second kappa shape index (κ2) is 8.38. The minimum Gasteiger partial charge on any atom is -0.497 e. The summed E-state index contributed by atoms with van der Waals surface area (Å²) in [6.45, 7) is 2.10. The summed E-state index contributed by atoms with van der Waals surface area (Å²) in [5.74, 6) is 1.60. The minimum absolute atomic E-state index is 0.125. The Bertz CT molecular complexity index is 1020. The number of para-hydroxylation sites is 1.